The van der Waals surface area contributed by atoms with Gasteiger partial charge in [0.1, 0.15) is 0 Å². The second-order valence-electron chi connectivity index (χ2n) is 7.56. The van der Waals surface area contributed by atoms with Crippen LogP contribution >= 0.6 is 0 Å². The van der Waals surface area contributed by atoms with E-state index in [9.17, 15) is 0 Å². The average molecular weight is 256 g/mol. The van der Waals surface area contributed by atoms with Crippen molar-refractivity contribution in [3.05, 3.63) is 28.3 Å². The zero-order chi connectivity index (χ0) is 12.5. The second-order valence-corrected chi connectivity index (χ2v) is 12.2. The fourth-order valence-electron chi connectivity index (χ4n) is 5.18. The van der Waals surface area contributed by atoms with Crippen LogP contribution in [0.1, 0.15) is 48.4 Å². The van der Waals surface area contributed by atoms with E-state index in [0.29, 0.717) is 5.41 Å². The quantitative estimate of drug-likeness (QED) is 0.619. The minimum Gasteiger partial charge on any atom is -0.0652 e. The van der Waals surface area contributed by atoms with E-state index in [4.69, 9.17) is 0 Å². The summed E-state index contributed by atoms with van der Waals surface area (Å²) in [6, 6.07) is 5.65. The number of hydrogen-bond donors (Lipinski definition) is 0. The van der Waals surface area contributed by atoms with Gasteiger partial charge in [-0.15, -0.1) is 0 Å². The summed E-state index contributed by atoms with van der Waals surface area (Å²) in [4.78, 5) is 0. The van der Waals surface area contributed by atoms with E-state index in [1.165, 1.54) is 38.1 Å². The Morgan fingerprint density at radius 1 is 1.17 bits per heavy atom. The Bertz CT molecular complexity index is 545. The lowest BCUT2D eigenvalue weighted by atomic mass is 9.68. The van der Waals surface area contributed by atoms with Gasteiger partial charge in [-0.25, -0.2) is 0 Å². The van der Waals surface area contributed by atoms with Gasteiger partial charge in [-0.1, -0.05) is 30.8 Å². The van der Waals surface area contributed by atoms with Crippen molar-refractivity contribution in [1.82, 2.24) is 0 Å². The molecule has 0 fully saturated rings. The first-order valence-electron chi connectivity index (χ1n) is 7.70. The lowest BCUT2D eigenvalue weighted by molar-refractivity contribution is 0.377. The van der Waals surface area contributed by atoms with Crippen LogP contribution in [0.2, 0.25) is 18.6 Å². The van der Waals surface area contributed by atoms with Crippen LogP contribution in [0.5, 0.6) is 0 Å². The van der Waals surface area contributed by atoms with Crippen LogP contribution in [-0.4, -0.2) is 8.07 Å². The molecular weight excluding hydrogens is 232 g/mol. The third kappa shape index (κ3) is 1.22. The molecule has 1 heteroatoms. The van der Waals surface area contributed by atoms with Crippen LogP contribution in [0, 0.1) is 6.92 Å². The van der Waals surface area contributed by atoms with Crippen molar-refractivity contribution in [3.8, 4) is 0 Å². The van der Waals surface area contributed by atoms with Crippen LogP contribution in [0.15, 0.2) is 6.07 Å². The number of rotatable bonds is 0. The fraction of sp³-hybridized carbons (Fsp3) is 0.647. The molecule has 1 aromatic carbocycles. The zero-order valence-corrected chi connectivity index (χ0v) is 13.0. The molecule has 0 bridgehead atoms. The van der Waals surface area contributed by atoms with E-state index in [1.807, 2.05) is 10.8 Å². The van der Waals surface area contributed by atoms with Crippen molar-refractivity contribution in [2.75, 3.05) is 0 Å². The summed E-state index contributed by atoms with van der Waals surface area (Å²) < 4.78 is 0. The first-order chi connectivity index (χ1) is 8.54. The van der Waals surface area contributed by atoms with Crippen molar-refractivity contribution in [3.63, 3.8) is 0 Å². The van der Waals surface area contributed by atoms with Gasteiger partial charge in [-0.05, 0) is 72.7 Å². The maximum Gasteiger partial charge on any atom is 0.0848 e. The molecule has 96 valence electrons. The summed E-state index contributed by atoms with van der Waals surface area (Å²) in [7, 11) is -1.07. The summed E-state index contributed by atoms with van der Waals surface area (Å²) >= 11 is 0. The molecule has 2 aliphatic heterocycles. The predicted octanol–water partition coefficient (Wildman–Crippen LogP) is 3.83. The van der Waals surface area contributed by atoms with E-state index < -0.39 is 8.07 Å². The van der Waals surface area contributed by atoms with Crippen LogP contribution < -0.4 is 5.19 Å². The Morgan fingerprint density at radius 3 is 2.83 bits per heavy atom. The van der Waals surface area contributed by atoms with E-state index in [0.717, 1.165) is 0 Å². The number of hydrogen-bond acceptors (Lipinski definition) is 0. The summed E-state index contributed by atoms with van der Waals surface area (Å²) in [5.41, 5.74) is 7.55. The van der Waals surface area contributed by atoms with Gasteiger partial charge >= 0.3 is 0 Å². The monoisotopic (exact) mass is 256 g/mol. The van der Waals surface area contributed by atoms with Crippen LogP contribution in [0.25, 0.3) is 0 Å². The molecule has 3 aliphatic rings. The third-order valence-corrected chi connectivity index (χ3v) is 10.7. The SMILES string of the molecule is Cc1cc2c3c4c1CC[Si]4(C)CCC3(C)CCC2. The van der Waals surface area contributed by atoms with Gasteiger partial charge in [-0.3, -0.25) is 0 Å². The molecule has 0 saturated carbocycles. The zero-order valence-electron chi connectivity index (χ0n) is 12.0. The lowest BCUT2D eigenvalue weighted by Crippen LogP contribution is -2.53. The largest absolute Gasteiger partial charge is 0.0848 e. The van der Waals surface area contributed by atoms with Gasteiger partial charge in [0.15, 0.2) is 0 Å². The molecule has 0 aromatic heterocycles. The Hall–Kier alpha value is -0.563. The maximum absolute atomic E-state index is 2.67. The van der Waals surface area contributed by atoms with E-state index in [1.54, 1.807) is 22.7 Å². The number of benzene rings is 1. The molecule has 0 saturated heterocycles. The standard InChI is InChI=1S/C17H24Si/c1-12-11-13-5-4-7-17(2)8-10-18(3)9-6-14(12)16(18)15(13)17/h11H,4-10H2,1-3H3. The third-order valence-electron chi connectivity index (χ3n) is 6.28. The fourth-order valence-corrected chi connectivity index (χ4v) is 9.95. The Labute approximate surface area is 112 Å². The Balaban J connectivity index is 2.10. The van der Waals surface area contributed by atoms with Gasteiger partial charge in [0, 0.05) is 0 Å². The molecule has 1 aliphatic carbocycles. The van der Waals surface area contributed by atoms with Crippen molar-refractivity contribution in [1.29, 1.82) is 0 Å². The van der Waals surface area contributed by atoms with E-state index >= 15 is 0 Å². The minimum atomic E-state index is -1.07. The van der Waals surface area contributed by atoms with Crippen LogP contribution in [0.4, 0.5) is 0 Å². The molecule has 0 nitrogen and oxygen atoms in total. The molecule has 2 unspecified atom stereocenters. The van der Waals surface area contributed by atoms with Crippen molar-refractivity contribution >= 4 is 13.3 Å². The smallest absolute Gasteiger partial charge is 0.0652 e. The molecule has 18 heavy (non-hydrogen) atoms. The van der Waals surface area contributed by atoms with Gasteiger partial charge in [0.2, 0.25) is 0 Å². The molecule has 0 spiro atoms. The van der Waals surface area contributed by atoms with Gasteiger partial charge < -0.3 is 0 Å². The molecular formula is C17H24Si. The van der Waals surface area contributed by atoms with E-state index in [2.05, 4.69) is 26.5 Å². The average Bonchev–Trinajstić information content (AvgIpc) is 2.68. The molecule has 2 atom stereocenters. The topological polar surface area (TPSA) is 0 Å². The molecule has 0 amide bonds. The van der Waals surface area contributed by atoms with Gasteiger partial charge in [0.05, 0.1) is 8.07 Å². The molecule has 0 N–H and O–H groups in total. The van der Waals surface area contributed by atoms with Crippen molar-refractivity contribution in [2.45, 2.75) is 70.0 Å². The number of aryl methyl sites for hydroxylation is 2. The summed E-state index contributed by atoms with van der Waals surface area (Å²) in [5.74, 6) is 0. The highest BCUT2D eigenvalue weighted by Gasteiger charge is 2.49. The maximum atomic E-state index is 2.67. The summed E-state index contributed by atoms with van der Waals surface area (Å²) in [6.45, 7) is 7.60. The summed E-state index contributed by atoms with van der Waals surface area (Å²) in [5, 5.41) is 1.95. The second kappa shape index (κ2) is 3.30. The van der Waals surface area contributed by atoms with Crippen LogP contribution in [-0.2, 0) is 18.3 Å². The molecule has 1 aromatic rings. The summed E-state index contributed by atoms with van der Waals surface area (Å²) in [6.07, 6.45) is 7.09. The van der Waals surface area contributed by atoms with Crippen molar-refractivity contribution < 1.29 is 0 Å². The Kier molecular flexibility index (Phi) is 2.07. The lowest BCUT2D eigenvalue weighted by Gasteiger charge is -2.46. The normalized spacial score (nSPS) is 36.6. The highest BCUT2D eigenvalue weighted by atomic mass is 28.3. The van der Waals surface area contributed by atoms with E-state index in [-0.39, 0.29) is 0 Å². The molecule has 2 heterocycles. The van der Waals surface area contributed by atoms with Crippen molar-refractivity contribution in [2.24, 2.45) is 0 Å². The molecule has 0 radical (unpaired) electrons. The first kappa shape index (κ1) is 11.3. The highest BCUT2D eigenvalue weighted by molar-refractivity contribution is 6.92. The Morgan fingerprint density at radius 2 is 2.00 bits per heavy atom. The molecule has 4 rings (SSSR count). The van der Waals surface area contributed by atoms with Gasteiger partial charge in [-0.2, -0.15) is 0 Å². The first-order valence-corrected chi connectivity index (χ1v) is 10.6. The van der Waals surface area contributed by atoms with Crippen LogP contribution in [0.3, 0.4) is 0 Å². The highest BCUT2D eigenvalue weighted by Crippen LogP contribution is 2.49. The van der Waals surface area contributed by atoms with Gasteiger partial charge in [0.25, 0.3) is 0 Å². The predicted molar refractivity (Wildman–Crippen MR) is 80.7 cm³/mol. The minimum absolute atomic E-state index is 0.544.